The Hall–Kier alpha value is -2.94. The first-order valence-electron chi connectivity index (χ1n) is 9.95. The number of nitrogens with zero attached hydrogens (tertiary/aromatic N) is 5. The molecule has 0 saturated carbocycles. The Bertz CT molecular complexity index is 949. The van der Waals surface area contributed by atoms with Gasteiger partial charge in [-0.1, -0.05) is 12.1 Å². The van der Waals surface area contributed by atoms with E-state index in [1.807, 2.05) is 36.0 Å². The van der Waals surface area contributed by atoms with Crippen molar-refractivity contribution in [1.82, 2.24) is 24.4 Å². The maximum absolute atomic E-state index is 12.5. The molecule has 1 amide bonds. The fourth-order valence-electron chi connectivity index (χ4n) is 3.47. The maximum atomic E-state index is 12.5. The smallest absolute Gasteiger partial charge is 0.410 e. The fraction of sp³-hybridized carbons (Fsp3) is 0.381. The van der Waals surface area contributed by atoms with Gasteiger partial charge >= 0.3 is 6.09 Å². The minimum absolute atomic E-state index is 0.141. The molecule has 1 atom stereocenters. The van der Waals surface area contributed by atoms with Crippen molar-refractivity contribution in [2.45, 2.75) is 18.1 Å². The number of benzene rings is 1. The topological polar surface area (TPSA) is 74.4 Å². The SMILES string of the molecule is Cn1ccnc1C(S)c1ccc(OC(=O)N2CCC(COn3cccn3)CC2)cc1. The number of aryl methyl sites for hydroxylation is 1. The van der Waals surface area contributed by atoms with Crippen LogP contribution in [0.3, 0.4) is 0 Å². The van der Waals surface area contributed by atoms with Crippen LogP contribution in [0.1, 0.15) is 29.5 Å². The van der Waals surface area contributed by atoms with Gasteiger partial charge in [0.25, 0.3) is 0 Å². The van der Waals surface area contributed by atoms with Crippen molar-refractivity contribution in [3.63, 3.8) is 0 Å². The number of carbonyl (C=O) groups is 1. The average molecular weight is 428 g/mol. The predicted octanol–water partition coefficient (Wildman–Crippen LogP) is 2.98. The van der Waals surface area contributed by atoms with E-state index < -0.39 is 0 Å². The van der Waals surface area contributed by atoms with Crippen LogP contribution in [0, 0.1) is 5.92 Å². The molecule has 1 saturated heterocycles. The summed E-state index contributed by atoms with van der Waals surface area (Å²) in [7, 11) is 1.94. The zero-order valence-electron chi connectivity index (χ0n) is 16.8. The Morgan fingerprint density at radius 3 is 2.60 bits per heavy atom. The number of aromatic nitrogens is 4. The van der Waals surface area contributed by atoms with E-state index in [1.54, 1.807) is 35.6 Å². The zero-order chi connectivity index (χ0) is 20.9. The van der Waals surface area contributed by atoms with E-state index in [1.165, 1.54) is 4.85 Å². The molecule has 0 N–H and O–H groups in total. The van der Waals surface area contributed by atoms with Crippen LogP contribution in [0.2, 0.25) is 0 Å². The molecule has 30 heavy (non-hydrogen) atoms. The Morgan fingerprint density at radius 1 is 1.20 bits per heavy atom. The standard InChI is InChI=1S/C21H25N5O3S/c1-24-14-10-22-20(24)19(30)17-3-5-18(6-4-17)29-21(27)25-12-7-16(8-13-25)15-28-26-11-2-9-23-26/h2-6,9-11,14,16,19,30H,7-8,12-13,15H2,1H3. The number of thiol groups is 1. The Balaban J connectivity index is 1.25. The van der Waals surface area contributed by atoms with Crippen LogP contribution >= 0.6 is 12.6 Å². The molecule has 0 bridgehead atoms. The van der Waals surface area contributed by atoms with Crippen molar-refractivity contribution in [2.75, 3.05) is 19.7 Å². The molecule has 3 heterocycles. The quantitative estimate of drug-likeness (QED) is 0.612. The largest absolute Gasteiger partial charge is 0.415 e. The van der Waals surface area contributed by atoms with Crippen LogP contribution in [0.15, 0.2) is 55.1 Å². The summed E-state index contributed by atoms with van der Waals surface area (Å²) in [4.78, 5) is 25.6. The van der Waals surface area contributed by atoms with Crippen LogP contribution < -0.4 is 9.57 Å². The second kappa shape index (κ2) is 9.25. The van der Waals surface area contributed by atoms with Crippen molar-refractivity contribution in [1.29, 1.82) is 0 Å². The summed E-state index contributed by atoms with van der Waals surface area (Å²) in [6.07, 6.45) is 8.52. The third-order valence-electron chi connectivity index (χ3n) is 5.30. The monoisotopic (exact) mass is 427 g/mol. The molecule has 3 aromatic rings. The van der Waals surface area contributed by atoms with Crippen molar-refractivity contribution in [3.05, 3.63) is 66.5 Å². The van der Waals surface area contributed by atoms with Gasteiger partial charge < -0.3 is 19.0 Å². The summed E-state index contributed by atoms with van der Waals surface area (Å²) >= 11 is 4.66. The third-order valence-corrected chi connectivity index (χ3v) is 5.83. The Kier molecular flexibility index (Phi) is 6.27. The van der Waals surface area contributed by atoms with E-state index in [0.717, 1.165) is 24.2 Å². The van der Waals surface area contributed by atoms with Crippen LogP contribution in [0.4, 0.5) is 4.79 Å². The Labute approximate surface area is 180 Å². The van der Waals surface area contributed by atoms with Crippen molar-refractivity contribution in [3.8, 4) is 5.75 Å². The molecule has 9 heteroatoms. The van der Waals surface area contributed by atoms with E-state index in [0.29, 0.717) is 31.4 Å². The highest BCUT2D eigenvalue weighted by atomic mass is 32.1. The summed E-state index contributed by atoms with van der Waals surface area (Å²) in [6, 6.07) is 9.23. The summed E-state index contributed by atoms with van der Waals surface area (Å²) < 4.78 is 7.49. The van der Waals surface area contributed by atoms with Gasteiger partial charge in [-0.25, -0.2) is 9.78 Å². The number of ether oxygens (including phenoxy) is 1. The van der Waals surface area contributed by atoms with Crippen molar-refractivity contribution >= 4 is 18.7 Å². The highest BCUT2D eigenvalue weighted by molar-refractivity contribution is 7.80. The van der Waals surface area contributed by atoms with E-state index >= 15 is 0 Å². The molecule has 1 aliphatic heterocycles. The second-order valence-electron chi connectivity index (χ2n) is 7.37. The predicted molar refractivity (Wildman–Crippen MR) is 114 cm³/mol. The molecule has 0 radical (unpaired) electrons. The molecule has 0 spiro atoms. The van der Waals surface area contributed by atoms with Crippen molar-refractivity contribution < 1.29 is 14.4 Å². The summed E-state index contributed by atoms with van der Waals surface area (Å²) in [5.41, 5.74) is 0.991. The number of hydrogen-bond donors (Lipinski definition) is 1. The molecule has 2 aromatic heterocycles. The number of carbonyl (C=O) groups excluding carboxylic acids is 1. The van der Waals surface area contributed by atoms with E-state index in [4.69, 9.17) is 9.57 Å². The van der Waals surface area contributed by atoms with Crippen LogP contribution in [0.25, 0.3) is 0 Å². The van der Waals surface area contributed by atoms with E-state index in [2.05, 4.69) is 22.7 Å². The lowest BCUT2D eigenvalue weighted by Gasteiger charge is -2.30. The van der Waals surface area contributed by atoms with Crippen LogP contribution in [0.5, 0.6) is 5.75 Å². The number of imidazole rings is 1. The number of rotatable bonds is 6. The van der Waals surface area contributed by atoms with Gasteiger partial charge in [0.1, 0.15) is 18.2 Å². The van der Waals surface area contributed by atoms with Gasteiger partial charge in [-0.3, -0.25) is 0 Å². The second-order valence-corrected chi connectivity index (χ2v) is 7.89. The number of piperidine rings is 1. The van der Waals surface area contributed by atoms with Gasteiger partial charge in [-0.2, -0.15) is 12.6 Å². The molecule has 1 fully saturated rings. The Morgan fingerprint density at radius 2 is 1.97 bits per heavy atom. The zero-order valence-corrected chi connectivity index (χ0v) is 17.7. The average Bonchev–Trinajstić information content (AvgIpc) is 3.44. The van der Waals surface area contributed by atoms with E-state index in [9.17, 15) is 4.79 Å². The molecule has 1 aromatic carbocycles. The number of amides is 1. The van der Waals surface area contributed by atoms with Crippen molar-refractivity contribution in [2.24, 2.45) is 13.0 Å². The first kappa shape index (κ1) is 20.3. The molecular weight excluding hydrogens is 402 g/mol. The molecular formula is C21H25N5O3S. The summed E-state index contributed by atoms with van der Waals surface area (Å²) in [5.74, 6) is 1.78. The summed E-state index contributed by atoms with van der Waals surface area (Å²) in [6.45, 7) is 1.90. The fourth-order valence-corrected chi connectivity index (χ4v) is 3.89. The van der Waals surface area contributed by atoms with Crippen LogP contribution in [-0.2, 0) is 7.05 Å². The lowest BCUT2D eigenvalue weighted by atomic mass is 9.98. The summed E-state index contributed by atoms with van der Waals surface area (Å²) in [5, 5.41) is 3.89. The number of likely N-dealkylation sites (tertiary alicyclic amines) is 1. The highest BCUT2D eigenvalue weighted by Crippen LogP contribution is 2.28. The minimum atomic E-state index is -0.319. The van der Waals surface area contributed by atoms with E-state index in [-0.39, 0.29) is 11.3 Å². The van der Waals surface area contributed by atoms with Crippen LogP contribution in [-0.4, -0.2) is 50.2 Å². The van der Waals surface area contributed by atoms with Gasteiger partial charge in [0, 0.05) is 32.5 Å². The molecule has 1 aliphatic rings. The normalized spacial score (nSPS) is 15.7. The molecule has 0 aliphatic carbocycles. The van der Waals surface area contributed by atoms with Gasteiger partial charge in [0.05, 0.1) is 17.6 Å². The molecule has 158 valence electrons. The highest BCUT2D eigenvalue weighted by Gasteiger charge is 2.25. The maximum Gasteiger partial charge on any atom is 0.415 e. The van der Waals surface area contributed by atoms with Gasteiger partial charge in [0.15, 0.2) is 0 Å². The minimum Gasteiger partial charge on any atom is -0.410 e. The van der Waals surface area contributed by atoms with Gasteiger partial charge in [0.2, 0.25) is 0 Å². The molecule has 1 unspecified atom stereocenters. The molecule has 4 rings (SSSR count). The lowest BCUT2D eigenvalue weighted by Crippen LogP contribution is -2.41. The third kappa shape index (κ3) is 4.79. The lowest BCUT2D eigenvalue weighted by molar-refractivity contribution is 0.0366. The first-order valence-corrected chi connectivity index (χ1v) is 10.5. The van der Waals surface area contributed by atoms with Gasteiger partial charge in [-0.15, -0.1) is 9.94 Å². The molecule has 8 nitrogen and oxygen atoms in total. The van der Waals surface area contributed by atoms with Gasteiger partial charge in [-0.05, 0) is 42.5 Å². The first-order chi connectivity index (χ1) is 14.6. The number of hydrogen-bond acceptors (Lipinski definition) is 6.